The summed E-state index contributed by atoms with van der Waals surface area (Å²) in [5.41, 5.74) is 4.17. The van der Waals surface area contributed by atoms with Crippen molar-refractivity contribution in [3.63, 3.8) is 0 Å². The van der Waals surface area contributed by atoms with E-state index in [0.717, 1.165) is 25.9 Å². The molecule has 1 aromatic heterocycles. The Hall–Kier alpha value is -1.62. The Morgan fingerprint density at radius 3 is 2.60 bits per heavy atom. The lowest BCUT2D eigenvalue weighted by Gasteiger charge is -2.41. The van der Waals surface area contributed by atoms with Gasteiger partial charge in [-0.05, 0) is 24.3 Å². The van der Waals surface area contributed by atoms with Crippen LogP contribution in [0.1, 0.15) is 49.9 Å². The second kappa shape index (κ2) is 6.22. The molecule has 110 valence electrons. The maximum atomic E-state index is 12.6. The molecule has 0 aromatic carbocycles. The molecule has 0 atom stereocenters. The van der Waals surface area contributed by atoms with Crippen molar-refractivity contribution in [3.05, 3.63) is 24.0 Å². The van der Waals surface area contributed by atoms with Crippen LogP contribution in [-0.2, 0) is 0 Å². The van der Waals surface area contributed by atoms with Gasteiger partial charge in [0.15, 0.2) is 0 Å². The number of hydrogen-bond acceptors (Lipinski definition) is 4. The molecule has 1 amide bonds. The number of pyridine rings is 1. The molecule has 2 rings (SSSR count). The van der Waals surface area contributed by atoms with Crippen molar-refractivity contribution in [2.75, 3.05) is 18.5 Å². The zero-order valence-corrected chi connectivity index (χ0v) is 12.4. The smallest absolute Gasteiger partial charge is 0.257 e. The molecular formula is C15H24N4O. The zero-order valence-electron chi connectivity index (χ0n) is 12.4. The second-order valence-electron chi connectivity index (χ2n) is 5.56. The van der Waals surface area contributed by atoms with E-state index < -0.39 is 0 Å². The van der Waals surface area contributed by atoms with E-state index in [1.165, 1.54) is 12.8 Å². The highest BCUT2D eigenvalue weighted by atomic mass is 16.2. The topological polar surface area (TPSA) is 71.2 Å². The van der Waals surface area contributed by atoms with E-state index in [9.17, 15) is 4.79 Å². The van der Waals surface area contributed by atoms with Gasteiger partial charge in [-0.1, -0.05) is 26.7 Å². The first kappa shape index (κ1) is 14.8. The highest BCUT2D eigenvalue weighted by Gasteiger charge is 2.33. The molecule has 1 aliphatic heterocycles. The number of hydrazine groups is 1. The number of anilines is 1. The van der Waals surface area contributed by atoms with Gasteiger partial charge in [-0.25, -0.2) is 0 Å². The number of amides is 1. The molecule has 1 fully saturated rings. The Bertz CT molecular complexity index is 461. The second-order valence-corrected chi connectivity index (χ2v) is 5.56. The number of carbonyl (C=O) groups is 1. The molecular weight excluding hydrogens is 252 g/mol. The Labute approximate surface area is 120 Å². The van der Waals surface area contributed by atoms with Crippen molar-refractivity contribution in [2.24, 2.45) is 11.3 Å². The van der Waals surface area contributed by atoms with Gasteiger partial charge in [0.25, 0.3) is 5.91 Å². The van der Waals surface area contributed by atoms with E-state index >= 15 is 0 Å². The van der Waals surface area contributed by atoms with Crippen molar-refractivity contribution in [1.82, 2.24) is 9.88 Å². The standard InChI is InChI=1S/C15H24N4O/c1-3-15(4-2)6-9-19(10-7-15)14(20)12-11-17-8-5-13(12)18-16/h5,8,11H,3-4,6-7,9-10,16H2,1-2H3,(H,17,18). The third-order valence-electron chi connectivity index (χ3n) is 4.82. The quantitative estimate of drug-likeness (QED) is 0.654. The fourth-order valence-corrected chi connectivity index (χ4v) is 3.00. The molecule has 0 bridgehead atoms. The van der Waals surface area contributed by atoms with E-state index in [-0.39, 0.29) is 5.91 Å². The summed E-state index contributed by atoms with van der Waals surface area (Å²) in [6.07, 6.45) is 7.75. The van der Waals surface area contributed by atoms with Crippen molar-refractivity contribution < 1.29 is 4.79 Å². The molecule has 1 aromatic rings. The van der Waals surface area contributed by atoms with Crippen LogP contribution in [0.4, 0.5) is 5.69 Å². The number of nitrogens with two attached hydrogens (primary N) is 1. The summed E-state index contributed by atoms with van der Waals surface area (Å²) in [6.45, 7) is 6.13. The number of rotatable bonds is 4. The SMILES string of the molecule is CCC1(CC)CCN(C(=O)c2cnccc2NN)CC1. The number of nitrogens with one attached hydrogen (secondary N) is 1. The van der Waals surface area contributed by atoms with Gasteiger partial charge >= 0.3 is 0 Å². The first-order valence-electron chi connectivity index (χ1n) is 7.35. The Balaban J connectivity index is 2.09. The molecule has 0 radical (unpaired) electrons. The molecule has 5 heteroatoms. The first-order valence-corrected chi connectivity index (χ1v) is 7.35. The Morgan fingerprint density at radius 1 is 1.40 bits per heavy atom. The lowest BCUT2D eigenvalue weighted by molar-refractivity contribution is 0.0558. The van der Waals surface area contributed by atoms with Gasteiger partial charge in [-0.3, -0.25) is 15.6 Å². The van der Waals surface area contributed by atoms with Gasteiger partial charge < -0.3 is 10.3 Å². The summed E-state index contributed by atoms with van der Waals surface area (Å²) in [6, 6.07) is 1.72. The summed E-state index contributed by atoms with van der Waals surface area (Å²) >= 11 is 0. The van der Waals surface area contributed by atoms with Crippen LogP contribution in [0.15, 0.2) is 18.5 Å². The average Bonchev–Trinajstić information content (AvgIpc) is 2.54. The van der Waals surface area contributed by atoms with Crippen LogP contribution in [0.25, 0.3) is 0 Å². The molecule has 2 heterocycles. The predicted molar refractivity (Wildman–Crippen MR) is 80.2 cm³/mol. The van der Waals surface area contributed by atoms with Crippen molar-refractivity contribution >= 4 is 11.6 Å². The number of nitrogen functional groups attached to an aromatic ring is 1. The molecule has 20 heavy (non-hydrogen) atoms. The van der Waals surface area contributed by atoms with Crippen LogP contribution in [-0.4, -0.2) is 28.9 Å². The lowest BCUT2D eigenvalue weighted by atomic mass is 9.74. The monoisotopic (exact) mass is 276 g/mol. The predicted octanol–water partition coefficient (Wildman–Crippen LogP) is 2.41. The van der Waals surface area contributed by atoms with Crippen molar-refractivity contribution in [3.8, 4) is 0 Å². The maximum absolute atomic E-state index is 12.6. The van der Waals surface area contributed by atoms with Crippen LogP contribution in [0.5, 0.6) is 0 Å². The molecule has 1 saturated heterocycles. The molecule has 1 aliphatic rings. The van der Waals surface area contributed by atoms with E-state index in [0.29, 0.717) is 16.7 Å². The number of carbonyl (C=O) groups excluding carboxylic acids is 1. The average molecular weight is 276 g/mol. The molecule has 3 N–H and O–H groups in total. The van der Waals surface area contributed by atoms with Crippen molar-refractivity contribution in [1.29, 1.82) is 0 Å². The van der Waals surface area contributed by atoms with Gasteiger partial charge in [0.1, 0.15) is 0 Å². The highest BCUT2D eigenvalue weighted by molar-refractivity contribution is 5.99. The van der Waals surface area contributed by atoms with Crippen LogP contribution in [0.2, 0.25) is 0 Å². The van der Waals surface area contributed by atoms with Gasteiger partial charge in [0.05, 0.1) is 11.3 Å². The van der Waals surface area contributed by atoms with Crippen LogP contribution in [0.3, 0.4) is 0 Å². The van der Waals surface area contributed by atoms with Gasteiger partial charge in [-0.15, -0.1) is 0 Å². The van der Waals surface area contributed by atoms with Gasteiger partial charge in [0, 0.05) is 25.5 Å². The minimum absolute atomic E-state index is 0.0202. The number of hydrogen-bond donors (Lipinski definition) is 2. The van der Waals surface area contributed by atoms with Crippen LogP contribution in [0, 0.1) is 5.41 Å². The number of aromatic nitrogens is 1. The summed E-state index contributed by atoms with van der Waals surface area (Å²) in [5, 5.41) is 0. The lowest BCUT2D eigenvalue weighted by Crippen LogP contribution is -2.43. The van der Waals surface area contributed by atoms with Crippen LogP contribution < -0.4 is 11.3 Å². The number of nitrogens with zero attached hydrogens (tertiary/aromatic N) is 2. The summed E-state index contributed by atoms with van der Waals surface area (Å²) < 4.78 is 0. The van der Waals surface area contributed by atoms with E-state index in [4.69, 9.17) is 5.84 Å². The zero-order chi connectivity index (χ0) is 14.6. The summed E-state index contributed by atoms with van der Waals surface area (Å²) in [5.74, 6) is 5.48. The molecule has 0 saturated carbocycles. The largest absolute Gasteiger partial charge is 0.338 e. The minimum atomic E-state index is 0.0202. The van der Waals surface area contributed by atoms with E-state index in [1.807, 2.05) is 4.90 Å². The highest BCUT2D eigenvalue weighted by Crippen LogP contribution is 2.38. The number of piperidine rings is 1. The minimum Gasteiger partial charge on any atom is -0.338 e. The van der Waals surface area contributed by atoms with Gasteiger partial charge in [0.2, 0.25) is 0 Å². The Kier molecular flexibility index (Phi) is 4.60. The van der Waals surface area contributed by atoms with E-state index in [2.05, 4.69) is 24.3 Å². The normalized spacial score (nSPS) is 17.9. The molecule has 0 unspecified atom stereocenters. The third-order valence-corrected chi connectivity index (χ3v) is 4.82. The van der Waals surface area contributed by atoms with Gasteiger partial charge in [-0.2, -0.15) is 0 Å². The fourth-order valence-electron chi connectivity index (χ4n) is 3.00. The third kappa shape index (κ3) is 2.77. The van der Waals surface area contributed by atoms with Crippen molar-refractivity contribution in [2.45, 2.75) is 39.5 Å². The molecule has 0 aliphatic carbocycles. The maximum Gasteiger partial charge on any atom is 0.257 e. The van der Waals surface area contributed by atoms with Crippen LogP contribution >= 0.6 is 0 Å². The van der Waals surface area contributed by atoms with E-state index in [1.54, 1.807) is 18.5 Å². The molecule has 5 nitrogen and oxygen atoms in total. The Morgan fingerprint density at radius 2 is 2.05 bits per heavy atom. The number of likely N-dealkylation sites (tertiary alicyclic amines) is 1. The molecule has 0 spiro atoms. The fraction of sp³-hybridized carbons (Fsp3) is 0.600. The summed E-state index contributed by atoms with van der Waals surface area (Å²) in [7, 11) is 0. The summed E-state index contributed by atoms with van der Waals surface area (Å²) in [4.78, 5) is 18.5. The first-order chi connectivity index (χ1) is 9.65.